The first-order chi connectivity index (χ1) is 8.79. The average Bonchev–Trinajstić information content (AvgIpc) is 2.46. The summed E-state index contributed by atoms with van der Waals surface area (Å²) in [4.78, 5) is 8.12. The molecule has 0 spiro atoms. The lowest BCUT2D eigenvalue weighted by molar-refractivity contribution is 0.397. The molecule has 1 aromatic carbocycles. The number of rotatable bonds is 5. The molecule has 1 unspecified atom stereocenters. The zero-order valence-electron chi connectivity index (χ0n) is 10.6. The summed E-state index contributed by atoms with van der Waals surface area (Å²) in [6.45, 7) is 3.00. The molecule has 4 nitrogen and oxygen atoms in total. The minimum absolute atomic E-state index is 0.423. The number of aromatic nitrogens is 2. The molecule has 1 atom stereocenters. The third kappa shape index (κ3) is 3.20. The van der Waals surface area contributed by atoms with Gasteiger partial charge >= 0.3 is 0 Å². The molecule has 0 saturated carbocycles. The molecule has 1 aromatic heterocycles. The molecule has 0 aliphatic carbocycles. The van der Waals surface area contributed by atoms with Crippen LogP contribution < -0.4 is 10.1 Å². The van der Waals surface area contributed by atoms with Crippen LogP contribution in [0.3, 0.4) is 0 Å². The van der Waals surface area contributed by atoms with E-state index < -0.39 is 0 Å². The zero-order chi connectivity index (χ0) is 12.8. The zero-order valence-corrected chi connectivity index (χ0v) is 10.6. The second-order valence-electron chi connectivity index (χ2n) is 4.14. The Hall–Kier alpha value is -2.10. The first-order valence-electron chi connectivity index (χ1n) is 5.94. The van der Waals surface area contributed by atoms with Crippen LogP contribution in [0.25, 0.3) is 0 Å². The van der Waals surface area contributed by atoms with Gasteiger partial charge in [-0.2, -0.15) is 0 Å². The number of nitrogens with one attached hydrogen (secondary N) is 1. The van der Waals surface area contributed by atoms with Crippen molar-refractivity contribution in [3.63, 3.8) is 0 Å². The van der Waals surface area contributed by atoms with Crippen molar-refractivity contribution in [3.05, 3.63) is 48.3 Å². The Balaban J connectivity index is 1.95. The molecule has 2 aromatic rings. The number of anilines is 1. The normalized spacial score (nSPS) is 11.9. The number of hydrogen-bond donors (Lipinski definition) is 1. The summed E-state index contributed by atoms with van der Waals surface area (Å²) < 4.78 is 5.06. The van der Waals surface area contributed by atoms with Crippen molar-refractivity contribution >= 4 is 5.82 Å². The summed E-state index contributed by atoms with van der Waals surface area (Å²) in [6.07, 6.45) is 1.49. The van der Waals surface area contributed by atoms with E-state index in [-0.39, 0.29) is 0 Å². The summed E-state index contributed by atoms with van der Waals surface area (Å²) >= 11 is 0. The monoisotopic (exact) mass is 243 g/mol. The van der Waals surface area contributed by atoms with E-state index in [0.29, 0.717) is 11.8 Å². The fourth-order valence-corrected chi connectivity index (χ4v) is 1.70. The molecule has 0 radical (unpaired) electrons. The van der Waals surface area contributed by atoms with E-state index in [4.69, 9.17) is 4.74 Å². The van der Waals surface area contributed by atoms with Gasteiger partial charge < -0.3 is 10.1 Å². The number of methoxy groups -OCH3 is 1. The van der Waals surface area contributed by atoms with Crippen LogP contribution in [0.5, 0.6) is 5.88 Å². The Bertz CT molecular complexity index is 487. The lowest BCUT2D eigenvalue weighted by Crippen LogP contribution is -2.10. The molecular weight excluding hydrogens is 226 g/mol. The van der Waals surface area contributed by atoms with Crippen LogP contribution in [0.15, 0.2) is 42.7 Å². The molecule has 0 bridgehead atoms. The maximum atomic E-state index is 5.06. The summed E-state index contributed by atoms with van der Waals surface area (Å²) in [5.74, 6) is 1.77. The number of nitrogens with zero attached hydrogens (tertiary/aromatic N) is 2. The highest BCUT2D eigenvalue weighted by atomic mass is 16.5. The van der Waals surface area contributed by atoms with Crippen LogP contribution >= 0.6 is 0 Å². The van der Waals surface area contributed by atoms with Crippen LogP contribution in [-0.2, 0) is 0 Å². The highest BCUT2D eigenvalue weighted by molar-refractivity contribution is 5.37. The molecule has 0 saturated heterocycles. The van der Waals surface area contributed by atoms with Crippen molar-refractivity contribution in [2.75, 3.05) is 19.0 Å². The van der Waals surface area contributed by atoms with Gasteiger partial charge in [0.15, 0.2) is 0 Å². The number of benzene rings is 1. The molecular formula is C14H17N3O. The molecule has 0 aliphatic heterocycles. The first kappa shape index (κ1) is 12.4. The topological polar surface area (TPSA) is 47.0 Å². The van der Waals surface area contributed by atoms with Crippen molar-refractivity contribution in [3.8, 4) is 5.88 Å². The van der Waals surface area contributed by atoms with Crippen molar-refractivity contribution in [1.82, 2.24) is 9.97 Å². The Morgan fingerprint density at radius 1 is 1.22 bits per heavy atom. The molecule has 0 fully saturated rings. The number of ether oxygens (including phenoxy) is 1. The van der Waals surface area contributed by atoms with E-state index in [1.54, 1.807) is 13.2 Å². The Morgan fingerprint density at radius 3 is 2.72 bits per heavy atom. The van der Waals surface area contributed by atoms with Gasteiger partial charge in [0.25, 0.3) is 0 Å². The molecule has 0 aliphatic rings. The largest absolute Gasteiger partial charge is 0.481 e. The third-order valence-corrected chi connectivity index (χ3v) is 2.81. The summed E-state index contributed by atoms with van der Waals surface area (Å²) in [6, 6.07) is 12.2. The predicted octanol–water partition coefficient (Wildman–Crippen LogP) is 2.70. The summed E-state index contributed by atoms with van der Waals surface area (Å²) in [5, 5.41) is 3.29. The molecule has 1 N–H and O–H groups in total. The van der Waals surface area contributed by atoms with E-state index in [0.717, 1.165) is 12.4 Å². The van der Waals surface area contributed by atoms with Crippen LogP contribution in [0, 0.1) is 0 Å². The molecule has 0 amide bonds. The van der Waals surface area contributed by atoms with Gasteiger partial charge in [-0.05, 0) is 11.5 Å². The van der Waals surface area contributed by atoms with Gasteiger partial charge in [0.1, 0.15) is 12.1 Å². The highest BCUT2D eigenvalue weighted by Gasteiger charge is 2.05. The minimum atomic E-state index is 0.423. The van der Waals surface area contributed by atoms with E-state index >= 15 is 0 Å². The van der Waals surface area contributed by atoms with Crippen LogP contribution in [0.2, 0.25) is 0 Å². The van der Waals surface area contributed by atoms with Gasteiger partial charge in [-0.3, -0.25) is 0 Å². The quantitative estimate of drug-likeness (QED) is 0.877. The number of hydrogen-bond acceptors (Lipinski definition) is 4. The van der Waals surface area contributed by atoms with Gasteiger partial charge in [0.2, 0.25) is 5.88 Å². The maximum Gasteiger partial charge on any atom is 0.218 e. The van der Waals surface area contributed by atoms with Crippen molar-refractivity contribution in [1.29, 1.82) is 0 Å². The van der Waals surface area contributed by atoms with Crippen molar-refractivity contribution in [2.45, 2.75) is 12.8 Å². The lowest BCUT2D eigenvalue weighted by atomic mass is 10.0. The van der Waals surface area contributed by atoms with Crippen LogP contribution in [0.4, 0.5) is 5.82 Å². The molecule has 4 heteroatoms. The van der Waals surface area contributed by atoms with Crippen LogP contribution in [0.1, 0.15) is 18.4 Å². The standard InChI is InChI=1S/C14H17N3O/c1-11(12-6-4-3-5-7-12)9-15-13-8-14(18-2)17-10-16-13/h3-8,10-11H,9H2,1-2H3,(H,15,16,17). The SMILES string of the molecule is COc1cc(NCC(C)c2ccccc2)ncn1. The minimum Gasteiger partial charge on any atom is -0.481 e. The second kappa shape index (κ2) is 6.00. The van der Waals surface area contributed by atoms with Crippen LogP contribution in [-0.4, -0.2) is 23.6 Å². The molecule has 94 valence electrons. The van der Waals surface area contributed by atoms with Gasteiger partial charge in [-0.25, -0.2) is 9.97 Å². The molecule has 18 heavy (non-hydrogen) atoms. The highest BCUT2D eigenvalue weighted by Crippen LogP contribution is 2.16. The average molecular weight is 243 g/mol. The van der Waals surface area contributed by atoms with Crippen molar-refractivity contribution in [2.24, 2.45) is 0 Å². The first-order valence-corrected chi connectivity index (χ1v) is 5.94. The van der Waals surface area contributed by atoms with Gasteiger partial charge in [-0.1, -0.05) is 37.3 Å². The van der Waals surface area contributed by atoms with E-state index in [1.807, 2.05) is 6.07 Å². The summed E-state index contributed by atoms with van der Waals surface area (Å²) in [7, 11) is 1.60. The Kier molecular flexibility index (Phi) is 4.12. The Morgan fingerprint density at radius 2 is 2.00 bits per heavy atom. The summed E-state index contributed by atoms with van der Waals surface area (Å²) in [5.41, 5.74) is 1.31. The van der Waals surface area contributed by atoms with Gasteiger partial charge in [0.05, 0.1) is 7.11 Å². The molecule has 2 rings (SSSR count). The van der Waals surface area contributed by atoms with E-state index in [2.05, 4.69) is 46.5 Å². The van der Waals surface area contributed by atoms with Crippen molar-refractivity contribution < 1.29 is 4.74 Å². The molecule has 1 heterocycles. The second-order valence-corrected chi connectivity index (χ2v) is 4.14. The smallest absolute Gasteiger partial charge is 0.218 e. The Labute approximate surface area is 107 Å². The third-order valence-electron chi connectivity index (χ3n) is 2.81. The van der Waals surface area contributed by atoms with E-state index in [9.17, 15) is 0 Å². The van der Waals surface area contributed by atoms with Gasteiger partial charge in [-0.15, -0.1) is 0 Å². The lowest BCUT2D eigenvalue weighted by Gasteiger charge is -2.13. The predicted molar refractivity (Wildman–Crippen MR) is 71.9 cm³/mol. The fraction of sp³-hybridized carbons (Fsp3) is 0.286. The van der Waals surface area contributed by atoms with Gasteiger partial charge in [0, 0.05) is 12.6 Å². The van der Waals surface area contributed by atoms with E-state index in [1.165, 1.54) is 11.9 Å². The maximum absolute atomic E-state index is 5.06. The fourth-order valence-electron chi connectivity index (χ4n) is 1.70.